The number of amides is 1. The summed E-state index contributed by atoms with van der Waals surface area (Å²) in [7, 11) is 0. The second-order valence-corrected chi connectivity index (χ2v) is 5.59. The molecule has 0 saturated heterocycles. The van der Waals surface area contributed by atoms with Gasteiger partial charge in [-0.1, -0.05) is 12.8 Å². The van der Waals surface area contributed by atoms with Crippen LogP contribution in [0, 0.1) is 20.2 Å². The van der Waals surface area contributed by atoms with Gasteiger partial charge in [0.05, 0.1) is 38.7 Å². The number of rotatable bonds is 5. The van der Waals surface area contributed by atoms with E-state index in [4.69, 9.17) is 0 Å². The number of nitrogens with zero attached hydrogens (tertiary/aromatic N) is 3. The predicted molar refractivity (Wildman–Crippen MR) is 88.3 cm³/mol. The first-order chi connectivity index (χ1) is 11.4. The van der Waals surface area contributed by atoms with Crippen LogP contribution in [0.15, 0.2) is 23.2 Å². The van der Waals surface area contributed by atoms with E-state index in [1.54, 1.807) is 0 Å². The van der Waals surface area contributed by atoms with Gasteiger partial charge in [0.2, 0.25) is 0 Å². The van der Waals surface area contributed by atoms with Crippen LogP contribution >= 0.6 is 12.2 Å². The number of non-ortho nitro benzene ring substituents is 2. The Morgan fingerprint density at radius 3 is 2.29 bits per heavy atom. The van der Waals surface area contributed by atoms with Gasteiger partial charge in [-0.3, -0.25) is 25.0 Å². The van der Waals surface area contributed by atoms with Crippen molar-refractivity contribution in [2.24, 2.45) is 4.99 Å². The van der Waals surface area contributed by atoms with Crippen molar-refractivity contribution >= 4 is 34.7 Å². The number of nitro groups is 2. The molecule has 0 bridgehead atoms. The highest BCUT2D eigenvalue weighted by molar-refractivity contribution is 7.78. The van der Waals surface area contributed by atoms with Crippen molar-refractivity contribution in [1.82, 2.24) is 5.32 Å². The third kappa shape index (κ3) is 4.18. The van der Waals surface area contributed by atoms with E-state index in [9.17, 15) is 25.0 Å². The van der Waals surface area contributed by atoms with E-state index in [2.05, 4.69) is 27.7 Å². The molecule has 0 spiro atoms. The molecule has 1 saturated carbocycles. The lowest BCUT2D eigenvalue weighted by atomic mass is 9.90. The molecule has 1 N–H and O–H groups in total. The molecular formula is C14H14N4O5S. The first-order valence-corrected chi connectivity index (χ1v) is 7.65. The lowest BCUT2D eigenvalue weighted by Crippen LogP contribution is -2.44. The Labute approximate surface area is 142 Å². The van der Waals surface area contributed by atoms with E-state index < -0.39 is 27.1 Å². The molecule has 1 aromatic carbocycles. The van der Waals surface area contributed by atoms with Crippen LogP contribution in [0.1, 0.15) is 36.0 Å². The number of thiocarbonyl (C=S) groups is 1. The van der Waals surface area contributed by atoms with Gasteiger partial charge in [0.1, 0.15) is 0 Å². The van der Waals surface area contributed by atoms with Gasteiger partial charge in [0.15, 0.2) is 0 Å². The average Bonchev–Trinajstić information content (AvgIpc) is 2.56. The number of hydrogen-bond donors (Lipinski definition) is 1. The van der Waals surface area contributed by atoms with Gasteiger partial charge >= 0.3 is 0 Å². The molecule has 1 aromatic rings. The quantitative estimate of drug-likeness (QED) is 0.376. The fraction of sp³-hybridized carbons (Fsp3) is 0.429. The highest BCUT2D eigenvalue weighted by Gasteiger charge is 2.27. The molecular weight excluding hydrogens is 336 g/mol. The molecule has 0 radical (unpaired) electrons. The first-order valence-electron chi connectivity index (χ1n) is 7.24. The summed E-state index contributed by atoms with van der Waals surface area (Å²) < 4.78 is 0. The maximum atomic E-state index is 12.4. The maximum Gasteiger partial charge on any atom is 0.277 e. The zero-order valence-corrected chi connectivity index (χ0v) is 13.3. The Balaban J connectivity index is 2.26. The van der Waals surface area contributed by atoms with Gasteiger partial charge in [-0.05, 0) is 25.1 Å². The number of hydrogen-bond acceptors (Lipinski definition) is 7. The van der Waals surface area contributed by atoms with Crippen LogP contribution in [-0.2, 0) is 0 Å². The summed E-state index contributed by atoms with van der Waals surface area (Å²) in [5.74, 6) is -0.613. The maximum absolute atomic E-state index is 12.4. The van der Waals surface area contributed by atoms with Crippen molar-refractivity contribution in [2.45, 2.75) is 37.8 Å². The number of carbonyl (C=O) groups is 1. The summed E-state index contributed by atoms with van der Waals surface area (Å²) in [6.45, 7) is 0. The number of isothiocyanates is 1. The van der Waals surface area contributed by atoms with Crippen LogP contribution in [0.5, 0.6) is 0 Å². The standard InChI is InChI=1S/C14H14N4O5S/c19-14(16-13-4-2-1-3-12(13)15-8-24)9-5-10(17(20)21)7-11(6-9)18(22)23/h5-7,12-13H,1-4H2,(H,16,19)/t12-,13-/m1/s1. The minimum Gasteiger partial charge on any atom is -0.347 e. The van der Waals surface area contributed by atoms with Crippen molar-refractivity contribution < 1.29 is 14.6 Å². The Morgan fingerprint density at radius 1 is 1.17 bits per heavy atom. The van der Waals surface area contributed by atoms with Crippen LogP contribution in [0.4, 0.5) is 11.4 Å². The number of benzene rings is 1. The third-order valence-electron chi connectivity index (χ3n) is 3.85. The molecule has 24 heavy (non-hydrogen) atoms. The predicted octanol–water partition coefficient (Wildman–Crippen LogP) is 2.65. The molecule has 0 heterocycles. The highest BCUT2D eigenvalue weighted by atomic mass is 32.1. The topological polar surface area (TPSA) is 128 Å². The van der Waals surface area contributed by atoms with Gasteiger partial charge < -0.3 is 5.32 Å². The van der Waals surface area contributed by atoms with Crippen molar-refractivity contribution in [2.75, 3.05) is 0 Å². The molecule has 0 aromatic heterocycles. The normalized spacial score (nSPS) is 19.8. The van der Waals surface area contributed by atoms with Gasteiger partial charge in [-0.25, -0.2) is 4.99 Å². The molecule has 1 aliphatic carbocycles. The SMILES string of the molecule is O=C(N[C@@H]1CCCC[C@H]1N=C=S)c1cc([N+](=O)[O-])cc([N+](=O)[O-])c1. The molecule has 1 aliphatic rings. The van der Waals surface area contributed by atoms with E-state index >= 15 is 0 Å². The average molecular weight is 350 g/mol. The zero-order valence-electron chi connectivity index (χ0n) is 12.5. The summed E-state index contributed by atoms with van der Waals surface area (Å²) in [5, 5.41) is 26.8. The molecule has 1 fully saturated rings. The number of aliphatic imine (C=N–C) groups is 1. The lowest BCUT2D eigenvalue weighted by molar-refractivity contribution is -0.394. The zero-order chi connectivity index (χ0) is 17.7. The summed E-state index contributed by atoms with van der Waals surface area (Å²) in [6, 6.07) is 2.37. The molecule has 2 atom stereocenters. The van der Waals surface area contributed by atoms with Crippen molar-refractivity contribution in [1.29, 1.82) is 0 Å². The molecule has 10 heteroatoms. The van der Waals surface area contributed by atoms with Crippen molar-refractivity contribution in [3.63, 3.8) is 0 Å². The van der Waals surface area contributed by atoms with E-state index in [1.165, 1.54) is 0 Å². The number of nitrogens with one attached hydrogen (secondary N) is 1. The Kier molecular flexibility index (Phi) is 5.67. The Bertz CT molecular complexity index is 700. The fourth-order valence-corrected chi connectivity index (χ4v) is 2.83. The van der Waals surface area contributed by atoms with E-state index in [-0.39, 0.29) is 17.6 Å². The van der Waals surface area contributed by atoms with Crippen LogP contribution in [-0.4, -0.2) is 33.0 Å². The number of carbonyl (C=O) groups excluding carboxylic acids is 1. The second-order valence-electron chi connectivity index (χ2n) is 5.40. The van der Waals surface area contributed by atoms with Crippen molar-refractivity contribution in [3.8, 4) is 0 Å². The van der Waals surface area contributed by atoms with Crippen LogP contribution in [0.25, 0.3) is 0 Å². The fourth-order valence-electron chi connectivity index (χ4n) is 2.69. The van der Waals surface area contributed by atoms with Gasteiger partial charge in [-0.15, -0.1) is 0 Å². The molecule has 0 unspecified atom stereocenters. The summed E-state index contributed by atoms with van der Waals surface area (Å²) >= 11 is 4.61. The molecule has 126 valence electrons. The highest BCUT2D eigenvalue weighted by Crippen LogP contribution is 2.24. The molecule has 1 amide bonds. The third-order valence-corrected chi connectivity index (χ3v) is 3.96. The lowest BCUT2D eigenvalue weighted by Gasteiger charge is -2.28. The van der Waals surface area contributed by atoms with E-state index in [0.717, 1.165) is 37.5 Å². The largest absolute Gasteiger partial charge is 0.347 e. The van der Waals surface area contributed by atoms with Crippen molar-refractivity contribution in [3.05, 3.63) is 44.0 Å². The van der Waals surface area contributed by atoms with Crippen LogP contribution in [0.3, 0.4) is 0 Å². The first kappa shape index (κ1) is 17.6. The minimum absolute atomic E-state index is 0.133. The summed E-state index contributed by atoms with van der Waals surface area (Å²) in [6.07, 6.45) is 3.31. The summed E-state index contributed by atoms with van der Waals surface area (Å²) in [5.41, 5.74) is -1.15. The van der Waals surface area contributed by atoms with E-state index in [0.29, 0.717) is 6.42 Å². The van der Waals surface area contributed by atoms with Gasteiger partial charge in [-0.2, -0.15) is 0 Å². The molecule has 0 aliphatic heterocycles. The number of nitro benzene ring substituents is 2. The second kappa shape index (κ2) is 7.71. The van der Waals surface area contributed by atoms with Gasteiger partial charge in [0.25, 0.3) is 17.3 Å². The Hall–Kier alpha value is -2.71. The van der Waals surface area contributed by atoms with Crippen LogP contribution < -0.4 is 5.32 Å². The molecule has 9 nitrogen and oxygen atoms in total. The van der Waals surface area contributed by atoms with Gasteiger partial charge in [0, 0.05) is 12.1 Å². The summed E-state index contributed by atoms with van der Waals surface area (Å²) in [4.78, 5) is 36.6. The minimum atomic E-state index is -0.774. The smallest absolute Gasteiger partial charge is 0.277 e. The van der Waals surface area contributed by atoms with Crippen LogP contribution in [0.2, 0.25) is 0 Å². The monoisotopic (exact) mass is 350 g/mol. The molecule has 2 rings (SSSR count). The van der Waals surface area contributed by atoms with E-state index in [1.807, 2.05) is 0 Å². The Morgan fingerprint density at radius 2 is 1.75 bits per heavy atom.